The lowest BCUT2D eigenvalue weighted by molar-refractivity contribution is -0.137. The molecule has 0 saturated carbocycles. The van der Waals surface area contributed by atoms with Crippen molar-refractivity contribution in [2.45, 2.75) is 32.6 Å². The quantitative estimate of drug-likeness (QED) is 0.915. The van der Waals surface area contributed by atoms with Gasteiger partial charge in [-0.1, -0.05) is 0 Å². The van der Waals surface area contributed by atoms with Gasteiger partial charge in [0.2, 0.25) is 5.91 Å². The van der Waals surface area contributed by atoms with Crippen molar-refractivity contribution in [3.05, 3.63) is 23.9 Å². The monoisotopic (exact) mass is 330 g/mol. The van der Waals surface area contributed by atoms with Crippen LogP contribution in [0.4, 0.5) is 5.82 Å². The number of nitrogens with zero attached hydrogens (tertiary/aromatic N) is 3. The lowest BCUT2D eigenvalue weighted by atomic mass is 9.72. The van der Waals surface area contributed by atoms with Crippen molar-refractivity contribution >= 4 is 17.6 Å². The summed E-state index contributed by atoms with van der Waals surface area (Å²) in [5.74, 6) is 0.960. The van der Waals surface area contributed by atoms with Crippen LogP contribution in [0.15, 0.2) is 18.3 Å². The molecule has 2 amide bonds. The molecule has 6 heteroatoms. The SMILES string of the molecule is CCN1CC2(CCC1=O)CCN(c1ncccc1C(=O)NC)CC2. The average molecular weight is 330 g/mol. The molecule has 3 heterocycles. The van der Waals surface area contributed by atoms with Crippen LogP contribution in [0.5, 0.6) is 0 Å². The number of carbonyl (C=O) groups is 2. The maximum atomic E-state index is 12.1. The first-order chi connectivity index (χ1) is 11.6. The standard InChI is InChI=1S/C18H26N4O2/c1-3-21-13-18(7-6-15(21)23)8-11-22(12-9-18)16-14(17(24)19-2)5-4-10-20-16/h4-5,10H,3,6-9,11-13H2,1-2H3,(H,19,24). The van der Waals surface area contributed by atoms with Gasteiger partial charge in [0.25, 0.3) is 5.91 Å². The summed E-state index contributed by atoms with van der Waals surface area (Å²) >= 11 is 0. The van der Waals surface area contributed by atoms with Gasteiger partial charge < -0.3 is 15.1 Å². The molecule has 3 rings (SSSR count). The van der Waals surface area contributed by atoms with Crippen molar-refractivity contribution in [1.29, 1.82) is 0 Å². The number of hydrogen-bond donors (Lipinski definition) is 1. The Bertz CT molecular complexity index is 623. The Morgan fingerprint density at radius 1 is 1.33 bits per heavy atom. The summed E-state index contributed by atoms with van der Waals surface area (Å²) < 4.78 is 0. The first-order valence-electron chi connectivity index (χ1n) is 8.78. The number of pyridine rings is 1. The third kappa shape index (κ3) is 3.09. The summed E-state index contributed by atoms with van der Waals surface area (Å²) in [4.78, 5) is 32.7. The van der Waals surface area contributed by atoms with Crippen molar-refractivity contribution in [3.63, 3.8) is 0 Å². The number of likely N-dealkylation sites (tertiary alicyclic amines) is 1. The van der Waals surface area contributed by atoms with Gasteiger partial charge in [0.15, 0.2) is 0 Å². The zero-order valence-electron chi connectivity index (χ0n) is 14.5. The fourth-order valence-corrected chi connectivity index (χ4v) is 3.95. The second kappa shape index (κ2) is 6.79. The lowest BCUT2D eigenvalue weighted by Gasteiger charge is -2.47. The van der Waals surface area contributed by atoms with Crippen LogP contribution in [0, 0.1) is 5.41 Å². The fraction of sp³-hybridized carbons (Fsp3) is 0.611. The molecule has 1 aromatic heterocycles. The van der Waals surface area contributed by atoms with Gasteiger partial charge in [0.05, 0.1) is 5.56 Å². The van der Waals surface area contributed by atoms with Crippen molar-refractivity contribution in [1.82, 2.24) is 15.2 Å². The van der Waals surface area contributed by atoms with Gasteiger partial charge in [-0.25, -0.2) is 4.98 Å². The Morgan fingerprint density at radius 2 is 2.08 bits per heavy atom. The largest absolute Gasteiger partial charge is 0.356 e. The number of anilines is 1. The third-order valence-corrected chi connectivity index (χ3v) is 5.51. The summed E-state index contributed by atoms with van der Waals surface area (Å²) in [6.45, 7) is 5.49. The number of rotatable bonds is 3. The van der Waals surface area contributed by atoms with E-state index >= 15 is 0 Å². The minimum absolute atomic E-state index is 0.0983. The summed E-state index contributed by atoms with van der Waals surface area (Å²) in [5, 5.41) is 2.69. The minimum Gasteiger partial charge on any atom is -0.356 e. The Kier molecular flexibility index (Phi) is 4.73. The van der Waals surface area contributed by atoms with Gasteiger partial charge >= 0.3 is 0 Å². The highest BCUT2D eigenvalue weighted by molar-refractivity contribution is 5.98. The molecular weight excluding hydrogens is 304 g/mol. The molecule has 24 heavy (non-hydrogen) atoms. The Hall–Kier alpha value is -2.11. The van der Waals surface area contributed by atoms with E-state index in [1.807, 2.05) is 11.0 Å². The summed E-state index contributed by atoms with van der Waals surface area (Å²) in [6, 6.07) is 3.62. The van der Waals surface area contributed by atoms with Crippen molar-refractivity contribution in [2.24, 2.45) is 5.41 Å². The van der Waals surface area contributed by atoms with Gasteiger partial charge in [-0.2, -0.15) is 0 Å². The number of amides is 2. The Balaban J connectivity index is 1.72. The fourth-order valence-electron chi connectivity index (χ4n) is 3.95. The number of hydrogen-bond acceptors (Lipinski definition) is 4. The van der Waals surface area contributed by atoms with Crippen molar-refractivity contribution < 1.29 is 9.59 Å². The molecule has 6 nitrogen and oxygen atoms in total. The van der Waals surface area contributed by atoms with E-state index in [0.29, 0.717) is 12.0 Å². The molecule has 2 saturated heterocycles. The van der Waals surface area contributed by atoms with E-state index in [1.165, 1.54) is 0 Å². The molecule has 130 valence electrons. The smallest absolute Gasteiger partial charge is 0.254 e. The number of nitrogens with one attached hydrogen (secondary N) is 1. The normalized spacial score (nSPS) is 20.3. The molecule has 0 unspecified atom stereocenters. The van der Waals surface area contributed by atoms with E-state index in [-0.39, 0.29) is 17.2 Å². The maximum absolute atomic E-state index is 12.1. The molecule has 0 atom stereocenters. The van der Waals surface area contributed by atoms with E-state index in [4.69, 9.17) is 0 Å². The predicted molar refractivity (Wildman–Crippen MR) is 93.0 cm³/mol. The second-order valence-electron chi connectivity index (χ2n) is 6.85. The first kappa shape index (κ1) is 16.7. The van der Waals surface area contributed by atoms with Crippen LogP contribution < -0.4 is 10.2 Å². The summed E-state index contributed by atoms with van der Waals surface area (Å²) in [6.07, 6.45) is 5.48. The molecule has 0 aliphatic carbocycles. The van der Waals surface area contributed by atoms with E-state index in [9.17, 15) is 9.59 Å². The van der Waals surface area contributed by atoms with Gasteiger partial charge in [-0.05, 0) is 43.7 Å². The lowest BCUT2D eigenvalue weighted by Crippen LogP contribution is -2.51. The zero-order chi connectivity index (χ0) is 17.2. The van der Waals surface area contributed by atoms with Crippen LogP contribution in [0.1, 0.15) is 43.0 Å². The molecule has 1 aromatic rings. The first-order valence-corrected chi connectivity index (χ1v) is 8.78. The van der Waals surface area contributed by atoms with E-state index in [2.05, 4.69) is 22.1 Å². The summed E-state index contributed by atoms with van der Waals surface area (Å²) in [5.41, 5.74) is 0.868. The van der Waals surface area contributed by atoms with E-state index in [1.54, 1.807) is 19.3 Å². The van der Waals surface area contributed by atoms with Crippen LogP contribution >= 0.6 is 0 Å². The van der Waals surface area contributed by atoms with Crippen LogP contribution in [-0.4, -0.2) is 54.9 Å². The minimum atomic E-state index is -0.0983. The van der Waals surface area contributed by atoms with Crippen molar-refractivity contribution in [3.8, 4) is 0 Å². The molecule has 1 N–H and O–H groups in total. The van der Waals surface area contributed by atoms with E-state index < -0.39 is 0 Å². The zero-order valence-corrected chi connectivity index (χ0v) is 14.5. The van der Waals surface area contributed by atoms with Gasteiger partial charge in [-0.15, -0.1) is 0 Å². The second-order valence-corrected chi connectivity index (χ2v) is 6.85. The van der Waals surface area contributed by atoms with E-state index in [0.717, 1.165) is 51.3 Å². The molecule has 0 radical (unpaired) electrons. The summed E-state index contributed by atoms with van der Waals surface area (Å²) in [7, 11) is 1.64. The van der Waals surface area contributed by atoms with Crippen LogP contribution in [0.25, 0.3) is 0 Å². The topological polar surface area (TPSA) is 65.5 Å². The highest BCUT2D eigenvalue weighted by atomic mass is 16.2. The van der Waals surface area contributed by atoms with Gasteiger partial charge in [-0.3, -0.25) is 9.59 Å². The average Bonchev–Trinajstić information content (AvgIpc) is 2.64. The highest BCUT2D eigenvalue weighted by Crippen LogP contribution is 2.41. The highest BCUT2D eigenvalue weighted by Gasteiger charge is 2.41. The molecule has 2 aliphatic heterocycles. The molecule has 0 bridgehead atoms. The Labute approximate surface area is 143 Å². The van der Waals surface area contributed by atoms with Gasteiger partial charge in [0, 0.05) is 45.8 Å². The molecule has 0 aromatic carbocycles. The number of piperidine rings is 2. The van der Waals surface area contributed by atoms with Crippen LogP contribution in [0.2, 0.25) is 0 Å². The number of aromatic nitrogens is 1. The predicted octanol–water partition coefficient (Wildman–Crippen LogP) is 1.67. The van der Waals surface area contributed by atoms with Crippen LogP contribution in [0.3, 0.4) is 0 Å². The Morgan fingerprint density at radius 3 is 2.75 bits per heavy atom. The molecule has 1 spiro atoms. The maximum Gasteiger partial charge on any atom is 0.254 e. The van der Waals surface area contributed by atoms with Crippen molar-refractivity contribution in [2.75, 3.05) is 38.1 Å². The molecular formula is C18H26N4O2. The third-order valence-electron chi connectivity index (χ3n) is 5.51. The molecule has 2 fully saturated rings. The number of carbonyl (C=O) groups excluding carboxylic acids is 2. The van der Waals surface area contributed by atoms with Crippen LogP contribution in [-0.2, 0) is 4.79 Å². The molecule has 2 aliphatic rings. The van der Waals surface area contributed by atoms with Gasteiger partial charge in [0.1, 0.15) is 5.82 Å².